The number of carbonyl (C=O) groups is 2. The summed E-state index contributed by atoms with van der Waals surface area (Å²) < 4.78 is 49.0. The van der Waals surface area contributed by atoms with Gasteiger partial charge in [0.1, 0.15) is 0 Å². The lowest BCUT2D eigenvalue weighted by Gasteiger charge is -2.13. The van der Waals surface area contributed by atoms with Crippen molar-refractivity contribution in [3.63, 3.8) is 0 Å². The fraction of sp³-hybridized carbons (Fsp3) is 0.263. The number of Topliss-reactive ketones (excluding diaryl/α,β-unsaturated/α-hetero) is 1. The maximum absolute atomic E-state index is 13.7. The summed E-state index contributed by atoms with van der Waals surface area (Å²) in [5.74, 6) is -2.18. The number of ketones is 1. The number of sulfonamides is 1. The Bertz CT molecular complexity index is 1020. The number of benzene rings is 2. The van der Waals surface area contributed by atoms with Gasteiger partial charge in [0, 0.05) is 19.7 Å². The highest BCUT2D eigenvalue weighted by Crippen LogP contribution is 2.20. The van der Waals surface area contributed by atoms with Gasteiger partial charge in [0.25, 0.3) is 0 Å². The molecule has 0 aromatic heterocycles. The lowest BCUT2D eigenvalue weighted by atomic mass is 10.1. The number of nitrogens with zero attached hydrogens (tertiary/aromatic N) is 1. The Hall–Kier alpha value is -2.78. The summed E-state index contributed by atoms with van der Waals surface area (Å²) in [6.45, 7) is 0.998. The van der Waals surface area contributed by atoms with Crippen LogP contribution in [-0.4, -0.2) is 52.3 Å². The standard InChI is InChI=1S/C19H20FNO6S/c1-12-5-7-14(28(24,25)21(2)3)10-15(12)19(23)27-11-17(22)13-6-8-18(26-4)16(20)9-13/h5-10H,11H2,1-4H3. The Labute approximate surface area is 162 Å². The molecule has 0 bridgehead atoms. The van der Waals surface area contributed by atoms with Crippen molar-refractivity contribution in [2.75, 3.05) is 27.8 Å². The number of halogens is 1. The zero-order chi connectivity index (χ0) is 21.1. The predicted molar refractivity (Wildman–Crippen MR) is 99.6 cm³/mol. The van der Waals surface area contributed by atoms with Crippen LogP contribution in [0.5, 0.6) is 5.75 Å². The molecule has 0 heterocycles. The first-order chi connectivity index (χ1) is 13.1. The molecular formula is C19H20FNO6S. The van der Waals surface area contributed by atoms with Crippen molar-refractivity contribution in [3.05, 3.63) is 58.9 Å². The maximum Gasteiger partial charge on any atom is 0.338 e. The Morgan fingerprint density at radius 1 is 1.11 bits per heavy atom. The zero-order valence-corrected chi connectivity index (χ0v) is 16.7. The van der Waals surface area contributed by atoms with Crippen molar-refractivity contribution in [1.29, 1.82) is 0 Å². The van der Waals surface area contributed by atoms with Gasteiger partial charge < -0.3 is 9.47 Å². The molecule has 0 spiro atoms. The minimum absolute atomic E-state index is 0.0110. The van der Waals surface area contributed by atoms with E-state index in [1.807, 2.05) is 0 Å². The topological polar surface area (TPSA) is 90.0 Å². The quantitative estimate of drug-likeness (QED) is 0.515. The van der Waals surface area contributed by atoms with E-state index in [9.17, 15) is 22.4 Å². The van der Waals surface area contributed by atoms with Crippen LogP contribution in [0.3, 0.4) is 0 Å². The van der Waals surface area contributed by atoms with Gasteiger partial charge in [-0.15, -0.1) is 0 Å². The highest BCUT2D eigenvalue weighted by atomic mass is 32.2. The van der Waals surface area contributed by atoms with E-state index in [1.54, 1.807) is 6.92 Å². The molecule has 28 heavy (non-hydrogen) atoms. The van der Waals surface area contributed by atoms with Crippen LogP contribution in [0, 0.1) is 12.7 Å². The minimum Gasteiger partial charge on any atom is -0.494 e. The molecule has 2 aromatic rings. The lowest BCUT2D eigenvalue weighted by Crippen LogP contribution is -2.23. The van der Waals surface area contributed by atoms with Crippen LogP contribution in [0.25, 0.3) is 0 Å². The molecule has 0 N–H and O–H groups in total. The third-order valence-corrected chi connectivity index (χ3v) is 5.83. The predicted octanol–water partition coefficient (Wildman–Crippen LogP) is 2.43. The van der Waals surface area contributed by atoms with Crippen LogP contribution in [0.1, 0.15) is 26.3 Å². The summed E-state index contributed by atoms with van der Waals surface area (Å²) in [6, 6.07) is 7.70. The average Bonchev–Trinajstić information content (AvgIpc) is 2.65. The van der Waals surface area contributed by atoms with Gasteiger partial charge in [0.15, 0.2) is 24.0 Å². The van der Waals surface area contributed by atoms with E-state index in [2.05, 4.69) is 0 Å². The Balaban J connectivity index is 2.17. The molecule has 0 unspecified atom stereocenters. The molecule has 0 saturated carbocycles. The normalized spacial score (nSPS) is 11.4. The van der Waals surface area contributed by atoms with Crippen LogP contribution in [0.15, 0.2) is 41.3 Å². The van der Waals surface area contributed by atoms with Gasteiger partial charge in [-0.3, -0.25) is 4.79 Å². The fourth-order valence-electron chi connectivity index (χ4n) is 2.32. The maximum atomic E-state index is 13.7. The van der Waals surface area contributed by atoms with E-state index in [1.165, 1.54) is 51.5 Å². The van der Waals surface area contributed by atoms with E-state index in [0.29, 0.717) is 5.56 Å². The van der Waals surface area contributed by atoms with Crippen LogP contribution in [0.4, 0.5) is 4.39 Å². The zero-order valence-electron chi connectivity index (χ0n) is 15.9. The molecule has 0 aliphatic carbocycles. The monoisotopic (exact) mass is 409 g/mol. The molecule has 0 fully saturated rings. The van der Waals surface area contributed by atoms with Crippen molar-refractivity contribution < 1.29 is 31.9 Å². The molecule has 0 radical (unpaired) electrons. The van der Waals surface area contributed by atoms with Crippen molar-refractivity contribution in [2.45, 2.75) is 11.8 Å². The van der Waals surface area contributed by atoms with Crippen molar-refractivity contribution in [2.24, 2.45) is 0 Å². The second-order valence-electron chi connectivity index (χ2n) is 6.11. The second-order valence-corrected chi connectivity index (χ2v) is 8.26. The Morgan fingerprint density at radius 3 is 2.36 bits per heavy atom. The Morgan fingerprint density at radius 2 is 1.79 bits per heavy atom. The van der Waals surface area contributed by atoms with Crippen molar-refractivity contribution in [3.8, 4) is 5.75 Å². The molecule has 9 heteroatoms. The van der Waals surface area contributed by atoms with E-state index in [-0.39, 0.29) is 21.8 Å². The Kier molecular flexibility index (Phi) is 6.52. The third-order valence-electron chi connectivity index (χ3n) is 4.02. The van der Waals surface area contributed by atoms with Gasteiger partial charge in [-0.25, -0.2) is 21.9 Å². The molecule has 0 amide bonds. The molecule has 0 saturated heterocycles. The SMILES string of the molecule is COc1ccc(C(=O)COC(=O)c2cc(S(=O)(=O)N(C)C)ccc2C)cc1F. The molecule has 2 rings (SSSR count). The molecule has 0 atom stereocenters. The van der Waals surface area contributed by atoms with Gasteiger partial charge in [-0.1, -0.05) is 6.07 Å². The summed E-state index contributed by atoms with van der Waals surface area (Å²) in [5, 5.41) is 0. The van der Waals surface area contributed by atoms with Gasteiger partial charge in [-0.05, 0) is 42.8 Å². The molecule has 2 aromatic carbocycles. The molecule has 0 aliphatic rings. The molecule has 7 nitrogen and oxygen atoms in total. The molecule has 0 aliphatic heterocycles. The summed E-state index contributed by atoms with van der Waals surface area (Å²) in [5.41, 5.74) is 0.536. The first-order valence-corrected chi connectivity index (χ1v) is 9.59. The van der Waals surface area contributed by atoms with E-state index in [4.69, 9.17) is 9.47 Å². The first-order valence-electron chi connectivity index (χ1n) is 8.15. The number of aryl methyl sites for hydroxylation is 1. The largest absolute Gasteiger partial charge is 0.494 e. The first kappa shape index (κ1) is 21.5. The minimum atomic E-state index is -3.73. The van der Waals surface area contributed by atoms with E-state index >= 15 is 0 Å². The van der Waals surface area contributed by atoms with Crippen LogP contribution >= 0.6 is 0 Å². The highest BCUT2D eigenvalue weighted by Gasteiger charge is 2.21. The summed E-state index contributed by atoms with van der Waals surface area (Å²) in [6.07, 6.45) is 0. The van der Waals surface area contributed by atoms with E-state index in [0.717, 1.165) is 10.4 Å². The molecule has 150 valence electrons. The number of hydrogen-bond donors (Lipinski definition) is 0. The van der Waals surface area contributed by atoms with Crippen LogP contribution in [0.2, 0.25) is 0 Å². The highest BCUT2D eigenvalue weighted by molar-refractivity contribution is 7.89. The molecular weight excluding hydrogens is 389 g/mol. The van der Waals surface area contributed by atoms with Crippen LogP contribution in [-0.2, 0) is 14.8 Å². The summed E-state index contributed by atoms with van der Waals surface area (Å²) in [7, 11) is 0.320. The second kappa shape index (κ2) is 8.49. The number of ether oxygens (including phenoxy) is 2. The van der Waals surface area contributed by atoms with E-state index < -0.39 is 34.2 Å². The van der Waals surface area contributed by atoms with Gasteiger partial charge in [-0.2, -0.15) is 0 Å². The third kappa shape index (κ3) is 4.55. The summed E-state index contributed by atoms with van der Waals surface area (Å²) in [4.78, 5) is 24.4. The fourth-order valence-corrected chi connectivity index (χ4v) is 3.25. The van der Waals surface area contributed by atoms with Gasteiger partial charge in [0.05, 0.1) is 17.6 Å². The average molecular weight is 409 g/mol. The number of esters is 1. The number of hydrogen-bond acceptors (Lipinski definition) is 6. The van der Waals surface area contributed by atoms with Crippen LogP contribution < -0.4 is 4.74 Å². The van der Waals surface area contributed by atoms with Crippen molar-refractivity contribution in [1.82, 2.24) is 4.31 Å². The number of rotatable bonds is 7. The van der Waals surface area contributed by atoms with Crippen molar-refractivity contribution >= 4 is 21.8 Å². The number of methoxy groups -OCH3 is 1. The van der Waals surface area contributed by atoms with Gasteiger partial charge in [0.2, 0.25) is 10.0 Å². The van der Waals surface area contributed by atoms with Gasteiger partial charge >= 0.3 is 5.97 Å². The number of carbonyl (C=O) groups excluding carboxylic acids is 2. The lowest BCUT2D eigenvalue weighted by molar-refractivity contribution is 0.0473. The smallest absolute Gasteiger partial charge is 0.338 e. The summed E-state index contributed by atoms with van der Waals surface area (Å²) >= 11 is 0.